The van der Waals surface area contributed by atoms with Gasteiger partial charge in [0.15, 0.2) is 0 Å². The molecule has 0 saturated heterocycles. The highest BCUT2D eigenvalue weighted by atomic mass is 35.5. The maximum absolute atomic E-state index is 12.3. The van der Waals surface area contributed by atoms with Crippen molar-refractivity contribution in [3.05, 3.63) is 0 Å². The van der Waals surface area contributed by atoms with Gasteiger partial charge in [0.25, 0.3) is 0 Å². The first-order valence-electron chi connectivity index (χ1n) is 7.23. The zero-order valence-electron chi connectivity index (χ0n) is 12.3. The molecular formula is C14H29ClN2O2. The molecule has 1 saturated carbocycles. The van der Waals surface area contributed by atoms with Gasteiger partial charge in [0.2, 0.25) is 5.91 Å². The molecule has 0 aromatic heterocycles. The van der Waals surface area contributed by atoms with Gasteiger partial charge in [0.1, 0.15) is 0 Å². The van der Waals surface area contributed by atoms with Crippen LogP contribution in [0.25, 0.3) is 0 Å². The third kappa shape index (κ3) is 6.11. The van der Waals surface area contributed by atoms with Crippen LogP contribution >= 0.6 is 12.4 Å². The second-order valence-corrected chi connectivity index (χ2v) is 5.24. The van der Waals surface area contributed by atoms with Crippen molar-refractivity contribution in [3.8, 4) is 0 Å². The average molecular weight is 293 g/mol. The molecule has 1 aliphatic carbocycles. The molecule has 19 heavy (non-hydrogen) atoms. The smallest absolute Gasteiger partial charge is 0.226 e. The minimum Gasteiger partial charge on any atom is -0.385 e. The van der Waals surface area contributed by atoms with E-state index in [0.717, 1.165) is 45.3 Å². The quantitative estimate of drug-likeness (QED) is 0.640. The lowest BCUT2D eigenvalue weighted by molar-refractivity contribution is -0.131. The number of hydrogen-bond donors (Lipinski definition) is 2. The van der Waals surface area contributed by atoms with Gasteiger partial charge in [0.05, 0.1) is 5.41 Å². The number of rotatable bonds is 9. The topological polar surface area (TPSA) is 50.4 Å². The SMILES string of the molecule is CCCNCCNC(=O)C1(CCOC)CCCC1.Cl. The molecule has 1 aliphatic rings. The summed E-state index contributed by atoms with van der Waals surface area (Å²) in [6, 6.07) is 0. The van der Waals surface area contributed by atoms with Crippen molar-refractivity contribution in [3.63, 3.8) is 0 Å². The van der Waals surface area contributed by atoms with Crippen LogP contribution in [0.4, 0.5) is 0 Å². The number of carbonyl (C=O) groups is 1. The Kier molecular flexibility index (Phi) is 10.3. The number of ether oxygens (including phenoxy) is 1. The van der Waals surface area contributed by atoms with Crippen molar-refractivity contribution in [2.24, 2.45) is 5.41 Å². The maximum atomic E-state index is 12.3. The van der Waals surface area contributed by atoms with Crippen molar-refractivity contribution >= 4 is 18.3 Å². The molecule has 0 atom stereocenters. The Morgan fingerprint density at radius 1 is 1.21 bits per heavy atom. The van der Waals surface area contributed by atoms with Crippen LogP contribution in [0.5, 0.6) is 0 Å². The third-order valence-electron chi connectivity index (χ3n) is 3.84. The molecule has 0 radical (unpaired) electrons. The van der Waals surface area contributed by atoms with Crippen LogP contribution in [-0.2, 0) is 9.53 Å². The molecule has 1 amide bonds. The Balaban J connectivity index is 0.00000324. The summed E-state index contributed by atoms with van der Waals surface area (Å²) in [5, 5.41) is 6.37. The summed E-state index contributed by atoms with van der Waals surface area (Å²) in [5.74, 6) is 0.232. The molecule has 4 nitrogen and oxygen atoms in total. The van der Waals surface area contributed by atoms with Gasteiger partial charge in [-0.05, 0) is 32.2 Å². The van der Waals surface area contributed by atoms with Crippen molar-refractivity contribution in [2.75, 3.05) is 33.4 Å². The zero-order chi connectivity index (χ0) is 13.3. The van der Waals surface area contributed by atoms with E-state index in [1.165, 1.54) is 12.8 Å². The second-order valence-electron chi connectivity index (χ2n) is 5.24. The lowest BCUT2D eigenvalue weighted by atomic mass is 9.82. The predicted molar refractivity (Wildman–Crippen MR) is 80.8 cm³/mol. The summed E-state index contributed by atoms with van der Waals surface area (Å²) < 4.78 is 5.14. The van der Waals surface area contributed by atoms with Crippen LogP contribution in [0.1, 0.15) is 45.4 Å². The molecule has 0 aliphatic heterocycles. The highest BCUT2D eigenvalue weighted by Gasteiger charge is 2.40. The number of methoxy groups -OCH3 is 1. The zero-order valence-corrected chi connectivity index (χ0v) is 13.1. The lowest BCUT2D eigenvalue weighted by Crippen LogP contribution is -2.42. The van der Waals surface area contributed by atoms with E-state index in [-0.39, 0.29) is 23.7 Å². The van der Waals surface area contributed by atoms with Gasteiger partial charge in [-0.15, -0.1) is 12.4 Å². The first-order valence-corrected chi connectivity index (χ1v) is 7.23. The van der Waals surface area contributed by atoms with E-state index in [4.69, 9.17) is 4.74 Å². The van der Waals surface area contributed by atoms with Crippen molar-refractivity contribution in [1.29, 1.82) is 0 Å². The highest BCUT2D eigenvalue weighted by molar-refractivity contribution is 5.85. The molecule has 0 heterocycles. The van der Waals surface area contributed by atoms with Crippen molar-refractivity contribution in [2.45, 2.75) is 45.4 Å². The molecule has 0 aromatic rings. The fourth-order valence-corrected chi connectivity index (χ4v) is 2.69. The van der Waals surface area contributed by atoms with Crippen LogP contribution in [0.3, 0.4) is 0 Å². The molecule has 0 bridgehead atoms. The molecule has 114 valence electrons. The normalized spacial score (nSPS) is 16.9. The van der Waals surface area contributed by atoms with E-state index in [1.807, 2.05) is 0 Å². The molecule has 5 heteroatoms. The predicted octanol–water partition coefficient (Wildman–Crippen LogP) is 2.12. The van der Waals surface area contributed by atoms with Crippen LogP contribution < -0.4 is 10.6 Å². The fraction of sp³-hybridized carbons (Fsp3) is 0.929. The van der Waals surface area contributed by atoms with Gasteiger partial charge in [-0.2, -0.15) is 0 Å². The summed E-state index contributed by atoms with van der Waals surface area (Å²) in [5.41, 5.74) is -0.152. The Morgan fingerprint density at radius 3 is 2.47 bits per heavy atom. The van der Waals surface area contributed by atoms with Crippen LogP contribution in [0.15, 0.2) is 0 Å². The largest absolute Gasteiger partial charge is 0.385 e. The Labute approximate surface area is 123 Å². The first kappa shape index (κ1) is 18.7. The molecule has 0 aromatic carbocycles. The van der Waals surface area contributed by atoms with E-state index in [2.05, 4.69) is 17.6 Å². The van der Waals surface area contributed by atoms with E-state index in [1.54, 1.807) is 7.11 Å². The van der Waals surface area contributed by atoms with Gasteiger partial charge in [0, 0.05) is 26.8 Å². The summed E-state index contributed by atoms with van der Waals surface area (Å²) in [4.78, 5) is 12.3. The van der Waals surface area contributed by atoms with Gasteiger partial charge >= 0.3 is 0 Å². The van der Waals surface area contributed by atoms with E-state index in [9.17, 15) is 4.79 Å². The van der Waals surface area contributed by atoms with Crippen LogP contribution in [0, 0.1) is 5.41 Å². The summed E-state index contributed by atoms with van der Waals surface area (Å²) in [6.45, 7) is 5.43. The van der Waals surface area contributed by atoms with Crippen LogP contribution in [-0.4, -0.2) is 39.3 Å². The number of hydrogen-bond acceptors (Lipinski definition) is 3. The first-order chi connectivity index (χ1) is 8.75. The lowest BCUT2D eigenvalue weighted by Gasteiger charge is -2.27. The minimum atomic E-state index is -0.152. The Bertz CT molecular complexity index is 244. The maximum Gasteiger partial charge on any atom is 0.226 e. The molecule has 1 fully saturated rings. The van der Waals surface area contributed by atoms with Crippen molar-refractivity contribution in [1.82, 2.24) is 10.6 Å². The summed E-state index contributed by atoms with van der Waals surface area (Å²) in [7, 11) is 1.70. The summed E-state index contributed by atoms with van der Waals surface area (Å²) >= 11 is 0. The Morgan fingerprint density at radius 2 is 1.89 bits per heavy atom. The molecule has 1 rings (SSSR count). The monoisotopic (exact) mass is 292 g/mol. The average Bonchev–Trinajstić information content (AvgIpc) is 2.86. The molecule has 0 spiro atoms. The second kappa shape index (κ2) is 10.5. The van der Waals surface area contributed by atoms with Crippen LogP contribution in [0.2, 0.25) is 0 Å². The minimum absolute atomic E-state index is 0. The van der Waals surface area contributed by atoms with Gasteiger partial charge in [-0.3, -0.25) is 4.79 Å². The standard InChI is InChI=1S/C14H28N2O2.ClH/c1-3-9-15-10-11-16-13(17)14(8-12-18-2)6-4-5-7-14;/h15H,3-12H2,1-2H3,(H,16,17);1H. The molecule has 2 N–H and O–H groups in total. The van der Waals surface area contributed by atoms with Gasteiger partial charge < -0.3 is 15.4 Å². The highest BCUT2D eigenvalue weighted by Crippen LogP contribution is 2.41. The van der Waals surface area contributed by atoms with Crippen molar-refractivity contribution < 1.29 is 9.53 Å². The van der Waals surface area contributed by atoms with E-state index in [0.29, 0.717) is 6.61 Å². The number of amides is 1. The van der Waals surface area contributed by atoms with Gasteiger partial charge in [-0.1, -0.05) is 19.8 Å². The summed E-state index contributed by atoms with van der Waals surface area (Å²) in [6.07, 6.45) is 6.37. The van der Waals surface area contributed by atoms with E-state index >= 15 is 0 Å². The number of carbonyl (C=O) groups excluding carboxylic acids is 1. The molecular weight excluding hydrogens is 264 g/mol. The van der Waals surface area contributed by atoms with E-state index < -0.39 is 0 Å². The number of nitrogens with one attached hydrogen (secondary N) is 2. The number of halogens is 1. The van der Waals surface area contributed by atoms with Gasteiger partial charge in [-0.25, -0.2) is 0 Å². The Hall–Kier alpha value is -0.320. The molecule has 0 unspecified atom stereocenters. The third-order valence-corrected chi connectivity index (χ3v) is 3.84. The fourth-order valence-electron chi connectivity index (χ4n) is 2.69.